The van der Waals surface area contributed by atoms with E-state index in [-0.39, 0.29) is 11.7 Å². The summed E-state index contributed by atoms with van der Waals surface area (Å²) < 4.78 is 28.0. The number of halogens is 2. The number of carbonyl (C=O) groups is 1. The molecule has 0 atom stereocenters. The van der Waals surface area contributed by atoms with Crippen LogP contribution in [-0.4, -0.2) is 31.9 Å². The average Bonchev–Trinajstić information content (AvgIpc) is 3.39. The maximum atomic E-state index is 13.2. The van der Waals surface area contributed by atoms with Crippen LogP contribution in [0.25, 0.3) is 11.4 Å². The molecule has 1 aliphatic carbocycles. The Balaban J connectivity index is 1.41. The molecular weight excluding hydrogens is 372 g/mol. The predicted octanol–water partition coefficient (Wildman–Crippen LogP) is 3.68. The van der Waals surface area contributed by atoms with E-state index in [2.05, 4.69) is 20.8 Å². The first-order chi connectivity index (χ1) is 13.1. The number of carbonyl (C=O) groups excluding carboxylic acids is 1. The van der Waals surface area contributed by atoms with Crippen LogP contribution in [0.5, 0.6) is 0 Å². The molecule has 1 fully saturated rings. The number of benzene rings is 2. The largest absolute Gasteiger partial charge is 0.325 e. The van der Waals surface area contributed by atoms with Crippen LogP contribution in [0.15, 0.2) is 47.4 Å². The highest BCUT2D eigenvalue weighted by Gasteiger charge is 2.28. The van der Waals surface area contributed by atoms with Crippen molar-refractivity contribution in [2.24, 2.45) is 0 Å². The minimum Gasteiger partial charge on any atom is -0.325 e. The van der Waals surface area contributed by atoms with Crippen LogP contribution in [0, 0.1) is 11.6 Å². The zero-order valence-electron chi connectivity index (χ0n) is 14.1. The number of aromatic nitrogens is 4. The highest BCUT2D eigenvalue weighted by molar-refractivity contribution is 8.00. The monoisotopic (exact) mass is 387 g/mol. The lowest BCUT2D eigenvalue weighted by Gasteiger charge is -2.08. The summed E-state index contributed by atoms with van der Waals surface area (Å²) in [6, 6.07) is 11.2. The van der Waals surface area contributed by atoms with Crippen molar-refractivity contribution in [3.8, 4) is 11.4 Å². The molecule has 0 bridgehead atoms. The SMILES string of the molecule is O=C(CSc1ccc(F)c(F)c1)Nc1cccc(-c2nnnn2C2CC2)c1. The van der Waals surface area contributed by atoms with E-state index in [0.29, 0.717) is 22.4 Å². The molecule has 1 amide bonds. The Morgan fingerprint density at radius 2 is 2.04 bits per heavy atom. The van der Waals surface area contributed by atoms with E-state index in [1.54, 1.807) is 10.7 Å². The van der Waals surface area contributed by atoms with E-state index in [1.807, 2.05) is 18.2 Å². The number of anilines is 1. The van der Waals surface area contributed by atoms with Crippen LogP contribution in [0.1, 0.15) is 18.9 Å². The molecule has 1 aromatic heterocycles. The minimum atomic E-state index is -0.929. The normalized spacial score (nSPS) is 13.6. The molecule has 0 saturated heterocycles. The maximum absolute atomic E-state index is 13.2. The summed E-state index contributed by atoms with van der Waals surface area (Å²) in [5, 5.41) is 14.6. The van der Waals surface area contributed by atoms with Crippen molar-refractivity contribution in [3.63, 3.8) is 0 Å². The van der Waals surface area contributed by atoms with Gasteiger partial charge in [0.25, 0.3) is 0 Å². The molecule has 9 heteroatoms. The van der Waals surface area contributed by atoms with Crippen molar-refractivity contribution in [1.29, 1.82) is 0 Å². The maximum Gasteiger partial charge on any atom is 0.234 e. The number of tetrazole rings is 1. The summed E-state index contributed by atoms with van der Waals surface area (Å²) in [4.78, 5) is 12.7. The first-order valence-electron chi connectivity index (χ1n) is 8.36. The second-order valence-electron chi connectivity index (χ2n) is 6.17. The van der Waals surface area contributed by atoms with Gasteiger partial charge in [-0.2, -0.15) is 0 Å². The van der Waals surface area contributed by atoms with E-state index < -0.39 is 11.6 Å². The smallest absolute Gasteiger partial charge is 0.234 e. The molecule has 1 saturated carbocycles. The van der Waals surface area contributed by atoms with Gasteiger partial charge in [0.15, 0.2) is 17.5 Å². The van der Waals surface area contributed by atoms with E-state index in [1.165, 1.54) is 6.07 Å². The second-order valence-corrected chi connectivity index (χ2v) is 7.22. The molecular formula is C18H15F2N5OS. The third-order valence-corrected chi connectivity index (χ3v) is 5.04. The van der Waals surface area contributed by atoms with Crippen LogP contribution in [-0.2, 0) is 4.79 Å². The van der Waals surface area contributed by atoms with E-state index >= 15 is 0 Å². The van der Waals surface area contributed by atoms with Crippen LogP contribution in [0.2, 0.25) is 0 Å². The molecule has 1 aliphatic rings. The quantitative estimate of drug-likeness (QED) is 0.653. The van der Waals surface area contributed by atoms with Crippen LogP contribution < -0.4 is 5.32 Å². The highest BCUT2D eigenvalue weighted by atomic mass is 32.2. The molecule has 6 nitrogen and oxygen atoms in total. The summed E-state index contributed by atoms with van der Waals surface area (Å²) in [5.74, 6) is -1.33. The predicted molar refractivity (Wildman–Crippen MR) is 97.2 cm³/mol. The van der Waals surface area contributed by atoms with Gasteiger partial charge in [-0.25, -0.2) is 13.5 Å². The number of rotatable bonds is 6. The van der Waals surface area contributed by atoms with Gasteiger partial charge >= 0.3 is 0 Å². The number of hydrogen-bond acceptors (Lipinski definition) is 5. The Morgan fingerprint density at radius 1 is 1.19 bits per heavy atom. The Bertz CT molecular complexity index is 989. The Labute approximate surface area is 158 Å². The fourth-order valence-corrected chi connectivity index (χ4v) is 3.32. The number of hydrogen-bond donors (Lipinski definition) is 1. The zero-order valence-corrected chi connectivity index (χ0v) is 14.9. The van der Waals surface area contributed by atoms with Crippen molar-refractivity contribution < 1.29 is 13.6 Å². The van der Waals surface area contributed by atoms with Crippen molar-refractivity contribution in [2.45, 2.75) is 23.8 Å². The molecule has 138 valence electrons. The molecule has 1 N–H and O–H groups in total. The highest BCUT2D eigenvalue weighted by Crippen LogP contribution is 2.36. The van der Waals surface area contributed by atoms with Gasteiger partial charge in [0.2, 0.25) is 5.91 Å². The molecule has 4 rings (SSSR count). The number of nitrogens with one attached hydrogen (secondary N) is 1. The summed E-state index contributed by atoms with van der Waals surface area (Å²) in [7, 11) is 0. The molecule has 0 aliphatic heterocycles. The first kappa shape index (κ1) is 17.6. The zero-order chi connectivity index (χ0) is 18.8. The lowest BCUT2D eigenvalue weighted by Crippen LogP contribution is -2.14. The Morgan fingerprint density at radius 3 is 2.81 bits per heavy atom. The van der Waals surface area contributed by atoms with Gasteiger partial charge < -0.3 is 5.32 Å². The van der Waals surface area contributed by atoms with Crippen LogP contribution >= 0.6 is 11.8 Å². The molecule has 2 aromatic carbocycles. The van der Waals surface area contributed by atoms with Crippen molar-refractivity contribution in [3.05, 3.63) is 54.1 Å². The number of amides is 1. The first-order valence-corrected chi connectivity index (χ1v) is 9.35. The van der Waals surface area contributed by atoms with Crippen molar-refractivity contribution in [2.75, 3.05) is 11.1 Å². The topological polar surface area (TPSA) is 72.7 Å². The lowest BCUT2D eigenvalue weighted by atomic mass is 10.2. The third kappa shape index (κ3) is 4.13. The van der Waals surface area contributed by atoms with Gasteiger partial charge in [0, 0.05) is 16.1 Å². The summed E-state index contributed by atoms with van der Waals surface area (Å²) in [5.41, 5.74) is 1.44. The average molecular weight is 387 g/mol. The van der Waals surface area contributed by atoms with Gasteiger partial charge in [-0.1, -0.05) is 12.1 Å². The standard InChI is InChI=1S/C18H15F2N5OS/c19-15-7-6-14(9-16(15)20)27-10-17(26)21-12-3-1-2-11(8-12)18-22-23-24-25(18)13-4-5-13/h1-3,6-9,13H,4-5,10H2,(H,21,26). The minimum absolute atomic E-state index is 0.0785. The summed E-state index contributed by atoms with van der Waals surface area (Å²) >= 11 is 1.13. The van der Waals surface area contributed by atoms with Crippen molar-refractivity contribution >= 4 is 23.4 Å². The molecule has 27 heavy (non-hydrogen) atoms. The van der Waals surface area contributed by atoms with Crippen molar-refractivity contribution in [1.82, 2.24) is 20.2 Å². The fraction of sp³-hybridized carbons (Fsp3) is 0.222. The summed E-state index contributed by atoms with van der Waals surface area (Å²) in [6.45, 7) is 0. The third-order valence-electron chi connectivity index (χ3n) is 4.05. The lowest BCUT2D eigenvalue weighted by molar-refractivity contribution is -0.113. The second kappa shape index (κ2) is 7.43. The van der Waals surface area contributed by atoms with Gasteiger partial charge in [0.1, 0.15) is 0 Å². The van der Waals surface area contributed by atoms with Gasteiger partial charge in [0.05, 0.1) is 11.8 Å². The Kier molecular flexibility index (Phi) is 4.85. The fourth-order valence-electron chi connectivity index (χ4n) is 2.60. The van der Waals surface area contributed by atoms with E-state index in [0.717, 1.165) is 42.3 Å². The van der Waals surface area contributed by atoms with Gasteiger partial charge in [-0.15, -0.1) is 16.9 Å². The van der Waals surface area contributed by atoms with Crippen LogP contribution in [0.3, 0.4) is 0 Å². The van der Waals surface area contributed by atoms with Gasteiger partial charge in [-0.3, -0.25) is 4.79 Å². The molecule has 0 radical (unpaired) electrons. The van der Waals surface area contributed by atoms with E-state index in [4.69, 9.17) is 0 Å². The molecule has 0 unspecified atom stereocenters. The molecule has 0 spiro atoms. The Hall–Kier alpha value is -2.81. The molecule has 3 aromatic rings. The number of thioether (sulfide) groups is 1. The van der Waals surface area contributed by atoms with E-state index in [9.17, 15) is 13.6 Å². The number of nitrogens with zero attached hydrogens (tertiary/aromatic N) is 4. The summed E-state index contributed by atoms with van der Waals surface area (Å²) in [6.07, 6.45) is 2.13. The molecule has 1 heterocycles. The van der Waals surface area contributed by atoms with Gasteiger partial charge in [-0.05, 0) is 53.6 Å². The van der Waals surface area contributed by atoms with Crippen LogP contribution in [0.4, 0.5) is 14.5 Å².